The van der Waals surface area contributed by atoms with Crippen molar-refractivity contribution in [2.75, 3.05) is 13.7 Å². The number of sulfonamides is 1. The van der Waals surface area contributed by atoms with Gasteiger partial charge < -0.3 is 14.8 Å². The van der Waals surface area contributed by atoms with Gasteiger partial charge in [-0.05, 0) is 60.8 Å². The molecule has 0 heterocycles. The second kappa shape index (κ2) is 11.0. The van der Waals surface area contributed by atoms with Gasteiger partial charge in [0.25, 0.3) is 0 Å². The fourth-order valence-corrected chi connectivity index (χ4v) is 4.11. The minimum Gasteiger partial charge on any atom is -0.493 e. The van der Waals surface area contributed by atoms with Gasteiger partial charge in [0.2, 0.25) is 10.0 Å². The van der Waals surface area contributed by atoms with E-state index < -0.39 is 10.0 Å². The van der Waals surface area contributed by atoms with E-state index in [0.29, 0.717) is 24.7 Å². The summed E-state index contributed by atoms with van der Waals surface area (Å²) in [4.78, 5) is 0.120. The molecule has 0 saturated heterocycles. The molecule has 3 aromatic carbocycles. The topological polar surface area (TPSA) is 90.6 Å². The molecule has 3 N–H and O–H groups in total. The van der Waals surface area contributed by atoms with Gasteiger partial charge >= 0.3 is 0 Å². The molecule has 170 valence electrons. The molecule has 8 heteroatoms. The second-order valence-corrected chi connectivity index (χ2v) is 9.90. The van der Waals surface area contributed by atoms with E-state index in [2.05, 4.69) is 52.4 Å². The fourth-order valence-electron chi connectivity index (χ4n) is 3.13. The van der Waals surface area contributed by atoms with Crippen molar-refractivity contribution in [3.8, 4) is 11.5 Å². The van der Waals surface area contributed by atoms with E-state index >= 15 is 0 Å². The highest BCUT2D eigenvalue weighted by Crippen LogP contribution is 2.34. The molecule has 0 unspecified atom stereocenters. The van der Waals surface area contributed by atoms with Crippen molar-refractivity contribution in [3.63, 3.8) is 0 Å². The molecule has 0 radical (unpaired) electrons. The summed E-state index contributed by atoms with van der Waals surface area (Å²) in [6.45, 7) is 3.89. The fraction of sp³-hybridized carbons (Fsp3) is 0.250. The molecular weight excluding hydrogens is 492 g/mol. The van der Waals surface area contributed by atoms with E-state index in [0.717, 1.165) is 34.1 Å². The molecule has 0 aromatic heterocycles. The number of nitrogens with two attached hydrogens (primary N) is 1. The summed E-state index contributed by atoms with van der Waals surface area (Å²) < 4.78 is 35.1. The van der Waals surface area contributed by atoms with E-state index in [9.17, 15) is 8.42 Å². The van der Waals surface area contributed by atoms with Crippen LogP contribution in [0.3, 0.4) is 0 Å². The molecule has 6 nitrogen and oxygen atoms in total. The van der Waals surface area contributed by atoms with Crippen molar-refractivity contribution in [1.29, 1.82) is 0 Å². The molecule has 0 aliphatic rings. The maximum absolute atomic E-state index is 11.3. The van der Waals surface area contributed by atoms with Gasteiger partial charge in [0.1, 0.15) is 6.61 Å². The second-order valence-electron chi connectivity index (χ2n) is 7.48. The number of aryl methyl sites for hydroxylation is 1. The molecule has 32 heavy (non-hydrogen) atoms. The lowest BCUT2D eigenvalue weighted by Gasteiger charge is -2.15. The Bertz CT molecular complexity index is 1150. The van der Waals surface area contributed by atoms with Crippen LogP contribution in [-0.4, -0.2) is 22.1 Å². The zero-order chi connectivity index (χ0) is 23.1. The first-order valence-electron chi connectivity index (χ1n) is 10.1. The van der Waals surface area contributed by atoms with Gasteiger partial charge in [-0.1, -0.05) is 57.9 Å². The Kier molecular flexibility index (Phi) is 8.31. The standard InChI is InChI=1S/C24H27BrN2O4S/c1-17-3-5-19(6-4-17)16-31-24-14-22(25)20(13-23(24)30-2)15-27-12-11-18-7-9-21(10-8-18)32(26,28)29/h3-10,13-14,27H,11-12,15-16H2,1-2H3,(H2,26,28,29). The van der Waals surface area contributed by atoms with E-state index in [-0.39, 0.29) is 4.90 Å². The number of halogens is 1. The number of hydrogen-bond donors (Lipinski definition) is 2. The quantitative estimate of drug-likeness (QED) is 0.390. The number of benzene rings is 3. The van der Waals surface area contributed by atoms with Crippen LogP contribution >= 0.6 is 15.9 Å². The monoisotopic (exact) mass is 518 g/mol. The molecule has 0 atom stereocenters. The molecular formula is C24H27BrN2O4S. The lowest BCUT2D eigenvalue weighted by atomic mass is 10.1. The van der Waals surface area contributed by atoms with E-state index in [1.165, 1.54) is 17.7 Å². The van der Waals surface area contributed by atoms with Crippen LogP contribution in [-0.2, 0) is 29.6 Å². The molecule has 3 rings (SSSR count). The number of primary sulfonamides is 1. The molecule has 0 saturated carbocycles. The summed E-state index contributed by atoms with van der Waals surface area (Å²) in [7, 11) is -2.03. The van der Waals surface area contributed by atoms with Crippen LogP contribution in [0.5, 0.6) is 11.5 Å². The average Bonchev–Trinajstić information content (AvgIpc) is 2.77. The molecule has 0 aliphatic carbocycles. The Labute approximate surface area is 197 Å². The first-order valence-corrected chi connectivity index (χ1v) is 12.5. The predicted molar refractivity (Wildman–Crippen MR) is 129 cm³/mol. The van der Waals surface area contributed by atoms with E-state index in [1.54, 1.807) is 19.2 Å². The van der Waals surface area contributed by atoms with Crippen molar-refractivity contribution >= 4 is 26.0 Å². The largest absolute Gasteiger partial charge is 0.493 e. The lowest BCUT2D eigenvalue weighted by molar-refractivity contribution is 0.284. The van der Waals surface area contributed by atoms with Crippen molar-refractivity contribution in [3.05, 3.63) is 87.4 Å². The molecule has 0 aliphatic heterocycles. The first-order chi connectivity index (χ1) is 15.3. The predicted octanol–water partition coefficient (Wildman–Crippen LogP) is 4.32. The minimum atomic E-state index is -3.66. The van der Waals surface area contributed by atoms with Crippen molar-refractivity contribution in [2.24, 2.45) is 5.14 Å². The van der Waals surface area contributed by atoms with Crippen LogP contribution in [0.15, 0.2) is 70.0 Å². The van der Waals surface area contributed by atoms with Gasteiger partial charge in [-0.3, -0.25) is 0 Å². The summed E-state index contributed by atoms with van der Waals surface area (Å²) in [6.07, 6.45) is 0.761. The maximum Gasteiger partial charge on any atom is 0.238 e. The van der Waals surface area contributed by atoms with Gasteiger partial charge in [-0.25, -0.2) is 13.6 Å². The van der Waals surface area contributed by atoms with E-state index in [4.69, 9.17) is 14.6 Å². The van der Waals surface area contributed by atoms with Crippen LogP contribution < -0.4 is 19.9 Å². The van der Waals surface area contributed by atoms with Crippen molar-refractivity contribution in [2.45, 2.75) is 31.4 Å². The molecule has 3 aromatic rings. The number of hydrogen-bond acceptors (Lipinski definition) is 5. The normalized spacial score (nSPS) is 11.4. The summed E-state index contributed by atoms with van der Waals surface area (Å²) in [6, 6.07) is 18.7. The van der Waals surface area contributed by atoms with Crippen LogP contribution in [0, 0.1) is 6.92 Å². The third kappa shape index (κ3) is 6.80. The highest BCUT2D eigenvalue weighted by Gasteiger charge is 2.11. The number of methoxy groups -OCH3 is 1. The van der Waals surface area contributed by atoms with Gasteiger partial charge in [0, 0.05) is 11.0 Å². The zero-order valence-corrected chi connectivity index (χ0v) is 20.5. The molecule has 0 amide bonds. The Balaban J connectivity index is 1.55. The minimum absolute atomic E-state index is 0.120. The van der Waals surface area contributed by atoms with E-state index in [1.807, 2.05) is 12.1 Å². The van der Waals surface area contributed by atoms with Gasteiger partial charge in [0.15, 0.2) is 11.5 Å². The summed E-state index contributed by atoms with van der Waals surface area (Å²) in [5, 5.41) is 8.53. The van der Waals surface area contributed by atoms with Gasteiger partial charge in [0.05, 0.1) is 12.0 Å². The van der Waals surface area contributed by atoms with Crippen LogP contribution in [0.25, 0.3) is 0 Å². The summed E-state index contributed by atoms with van der Waals surface area (Å²) in [5.74, 6) is 1.36. The number of rotatable bonds is 10. The third-order valence-electron chi connectivity index (χ3n) is 5.01. The number of nitrogens with one attached hydrogen (secondary N) is 1. The third-order valence-corrected chi connectivity index (χ3v) is 6.67. The van der Waals surface area contributed by atoms with Gasteiger partial charge in [-0.15, -0.1) is 0 Å². The Morgan fingerprint density at radius 3 is 2.25 bits per heavy atom. The Morgan fingerprint density at radius 1 is 0.969 bits per heavy atom. The van der Waals surface area contributed by atoms with Crippen molar-refractivity contribution < 1.29 is 17.9 Å². The SMILES string of the molecule is COc1cc(CNCCc2ccc(S(N)(=O)=O)cc2)c(Br)cc1OCc1ccc(C)cc1. The highest BCUT2D eigenvalue weighted by molar-refractivity contribution is 9.10. The molecule has 0 fully saturated rings. The summed E-state index contributed by atoms with van der Waals surface area (Å²) >= 11 is 3.63. The molecule has 0 spiro atoms. The Hall–Kier alpha value is -2.39. The lowest BCUT2D eigenvalue weighted by Crippen LogP contribution is -2.17. The zero-order valence-electron chi connectivity index (χ0n) is 18.1. The average molecular weight is 519 g/mol. The van der Waals surface area contributed by atoms with Crippen LogP contribution in [0.4, 0.5) is 0 Å². The number of ether oxygens (including phenoxy) is 2. The highest BCUT2D eigenvalue weighted by atomic mass is 79.9. The van der Waals surface area contributed by atoms with Crippen LogP contribution in [0.2, 0.25) is 0 Å². The smallest absolute Gasteiger partial charge is 0.238 e. The van der Waals surface area contributed by atoms with Crippen molar-refractivity contribution in [1.82, 2.24) is 5.32 Å². The first kappa shape index (κ1) is 24.3. The maximum atomic E-state index is 11.3. The summed E-state index contributed by atoms with van der Waals surface area (Å²) in [5.41, 5.74) is 4.39. The van der Waals surface area contributed by atoms with Crippen LogP contribution in [0.1, 0.15) is 22.3 Å². The Morgan fingerprint density at radius 2 is 1.62 bits per heavy atom. The van der Waals surface area contributed by atoms with Gasteiger partial charge in [-0.2, -0.15) is 0 Å². The molecule has 0 bridgehead atoms.